The summed E-state index contributed by atoms with van der Waals surface area (Å²) in [5.74, 6) is 0.149. The summed E-state index contributed by atoms with van der Waals surface area (Å²) in [5, 5.41) is 10.0. The van der Waals surface area contributed by atoms with E-state index >= 15 is 0 Å². The standard InChI is InChI=1S/C14H19NO3/c1-11(2)14(17)9-15(10-14)13(16)18-8-12-6-4-3-5-7-12/h3-7,11,17H,8-10H2,1-2H3. The molecule has 4 heteroatoms. The molecule has 0 saturated carbocycles. The lowest BCUT2D eigenvalue weighted by Crippen LogP contribution is -2.66. The Morgan fingerprint density at radius 2 is 2.00 bits per heavy atom. The molecule has 0 aliphatic carbocycles. The minimum absolute atomic E-state index is 0.149. The summed E-state index contributed by atoms with van der Waals surface area (Å²) >= 11 is 0. The quantitative estimate of drug-likeness (QED) is 0.891. The van der Waals surface area contributed by atoms with Gasteiger partial charge in [0, 0.05) is 0 Å². The number of hydrogen-bond donors (Lipinski definition) is 1. The summed E-state index contributed by atoms with van der Waals surface area (Å²) in [7, 11) is 0. The number of hydrogen-bond acceptors (Lipinski definition) is 3. The van der Waals surface area contributed by atoms with Gasteiger partial charge >= 0.3 is 6.09 Å². The number of rotatable bonds is 3. The monoisotopic (exact) mass is 249 g/mol. The average molecular weight is 249 g/mol. The Balaban J connectivity index is 1.78. The Morgan fingerprint density at radius 3 is 2.56 bits per heavy atom. The number of aliphatic hydroxyl groups is 1. The van der Waals surface area contributed by atoms with Crippen molar-refractivity contribution >= 4 is 6.09 Å². The predicted octanol–water partition coefficient (Wildman–Crippen LogP) is 2.03. The fourth-order valence-electron chi connectivity index (χ4n) is 1.92. The van der Waals surface area contributed by atoms with Crippen molar-refractivity contribution in [3.05, 3.63) is 35.9 Å². The first-order valence-corrected chi connectivity index (χ1v) is 6.19. The minimum atomic E-state index is -0.744. The molecule has 2 rings (SSSR count). The van der Waals surface area contributed by atoms with Crippen LogP contribution in [0, 0.1) is 5.92 Å². The third-order valence-corrected chi connectivity index (χ3v) is 3.47. The van der Waals surface area contributed by atoms with E-state index in [1.165, 1.54) is 4.90 Å². The van der Waals surface area contributed by atoms with E-state index in [2.05, 4.69) is 0 Å². The maximum Gasteiger partial charge on any atom is 0.410 e. The Kier molecular flexibility index (Phi) is 3.57. The number of amides is 1. The van der Waals surface area contributed by atoms with Crippen LogP contribution in [0.15, 0.2) is 30.3 Å². The van der Waals surface area contributed by atoms with Crippen LogP contribution < -0.4 is 0 Å². The highest BCUT2D eigenvalue weighted by molar-refractivity contribution is 5.69. The highest BCUT2D eigenvalue weighted by Gasteiger charge is 2.46. The number of benzene rings is 1. The molecule has 1 saturated heterocycles. The van der Waals surface area contributed by atoms with Crippen molar-refractivity contribution in [2.75, 3.05) is 13.1 Å². The number of carbonyl (C=O) groups is 1. The van der Waals surface area contributed by atoms with E-state index in [4.69, 9.17) is 4.74 Å². The van der Waals surface area contributed by atoms with Gasteiger partial charge < -0.3 is 14.7 Å². The maximum absolute atomic E-state index is 11.7. The molecule has 1 aliphatic heterocycles. The Bertz CT molecular complexity index is 410. The molecule has 1 amide bonds. The second-order valence-electron chi connectivity index (χ2n) is 5.15. The molecule has 98 valence electrons. The summed E-state index contributed by atoms with van der Waals surface area (Å²) in [6, 6.07) is 9.56. The normalized spacial score (nSPS) is 17.4. The predicted molar refractivity (Wildman–Crippen MR) is 68.0 cm³/mol. The fraction of sp³-hybridized carbons (Fsp3) is 0.500. The smallest absolute Gasteiger partial charge is 0.410 e. The lowest BCUT2D eigenvalue weighted by atomic mass is 9.83. The number of carbonyl (C=O) groups excluding carboxylic acids is 1. The number of likely N-dealkylation sites (tertiary alicyclic amines) is 1. The van der Waals surface area contributed by atoms with E-state index in [1.807, 2.05) is 44.2 Å². The molecule has 0 atom stereocenters. The third-order valence-electron chi connectivity index (χ3n) is 3.47. The van der Waals surface area contributed by atoms with Crippen LogP contribution in [0.2, 0.25) is 0 Å². The molecule has 1 aromatic rings. The van der Waals surface area contributed by atoms with Gasteiger partial charge in [0.25, 0.3) is 0 Å². The van der Waals surface area contributed by atoms with E-state index in [9.17, 15) is 9.90 Å². The zero-order valence-electron chi connectivity index (χ0n) is 10.8. The van der Waals surface area contributed by atoms with Gasteiger partial charge in [-0.1, -0.05) is 44.2 Å². The van der Waals surface area contributed by atoms with Gasteiger partial charge in [0.2, 0.25) is 0 Å². The van der Waals surface area contributed by atoms with Crippen molar-refractivity contribution in [1.29, 1.82) is 0 Å². The topological polar surface area (TPSA) is 49.8 Å². The molecule has 1 N–H and O–H groups in total. The first kappa shape index (κ1) is 12.9. The lowest BCUT2D eigenvalue weighted by molar-refractivity contribution is -0.118. The van der Waals surface area contributed by atoms with E-state index in [0.29, 0.717) is 13.1 Å². The van der Waals surface area contributed by atoms with Crippen molar-refractivity contribution in [2.24, 2.45) is 5.92 Å². The van der Waals surface area contributed by atoms with Crippen molar-refractivity contribution in [1.82, 2.24) is 4.90 Å². The van der Waals surface area contributed by atoms with E-state index in [1.54, 1.807) is 0 Å². The second-order valence-corrected chi connectivity index (χ2v) is 5.15. The molecule has 4 nitrogen and oxygen atoms in total. The van der Waals surface area contributed by atoms with Gasteiger partial charge in [0.05, 0.1) is 13.1 Å². The van der Waals surface area contributed by atoms with Gasteiger partial charge in [0.1, 0.15) is 12.2 Å². The number of ether oxygens (including phenoxy) is 1. The molecule has 0 radical (unpaired) electrons. The van der Waals surface area contributed by atoms with E-state index in [-0.39, 0.29) is 18.6 Å². The highest BCUT2D eigenvalue weighted by Crippen LogP contribution is 2.28. The Labute approximate surface area is 107 Å². The number of nitrogens with zero attached hydrogens (tertiary/aromatic N) is 1. The molecular formula is C14H19NO3. The van der Waals surface area contributed by atoms with Crippen LogP contribution in [-0.2, 0) is 11.3 Å². The lowest BCUT2D eigenvalue weighted by Gasteiger charge is -2.48. The first-order chi connectivity index (χ1) is 8.51. The molecule has 0 aromatic heterocycles. The Hall–Kier alpha value is -1.55. The molecule has 18 heavy (non-hydrogen) atoms. The molecular weight excluding hydrogens is 230 g/mol. The van der Waals surface area contributed by atoms with Crippen molar-refractivity contribution in [3.63, 3.8) is 0 Å². The Morgan fingerprint density at radius 1 is 1.39 bits per heavy atom. The van der Waals surface area contributed by atoms with Crippen LogP contribution in [0.25, 0.3) is 0 Å². The molecule has 0 bridgehead atoms. The summed E-state index contributed by atoms with van der Waals surface area (Å²) in [6.07, 6.45) is -0.357. The third kappa shape index (κ3) is 2.64. The van der Waals surface area contributed by atoms with Crippen LogP contribution in [0.4, 0.5) is 4.79 Å². The van der Waals surface area contributed by atoms with Gasteiger partial charge in [-0.3, -0.25) is 0 Å². The minimum Gasteiger partial charge on any atom is -0.445 e. The summed E-state index contributed by atoms with van der Waals surface area (Å²) < 4.78 is 5.18. The van der Waals surface area contributed by atoms with Crippen LogP contribution in [0.5, 0.6) is 0 Å². The average Bonchev–Trinajstić information content (AvgIpc) is 2.33. The molecule has 1 aliphatic rings. The first-order valence-electron chi connectivity index (χ1n) is 6.19. The van der Waals surface area contributed by atoms with Gasteiger partial charge in [-0.15, -0.1) is 0 Å². The molecule has 1 fully saturated rings. The highest BCUT2D eigenvalue weighted by atomic mass is 16.6. The van der Waals surface area contributed by atoms with Crippen LogP contribution in [-0.4, -0.2) is 34.8 Å². The molecule has 0 spiro atoms. The van der Waals surface area contributed by atoms with Crippen molar-refractivity contribution in [2.45, 2.75) is 26.1 Å². The summed E-state index contributed by atoms with van der Waals surface area (Å²) in [4.78, 5) is 13.2. The fourth-order valence-corrected chi connectivity index (χ4v) is 1.92. The van der Waals surface area contributed by atoms with Crippen molar-refractivity contribution in [3.8, 4) is 0 Å². The largest absolute Gasteiger partial charge is 0.445 e. The van der Waals surface area contributed by atoms with Crippen LogP contribution >= 0.6 is 0 Å². The van der Waals surface area contributed by atoms with Crippen LogP contribution in [0.3, 0.4) is 0 Å². The molecule has 0 unspecified atom stereocenters. The zero-order chi connectivity index (χ0) is 13.2. The van der Waals surface area contributed by atoms with Crippen LogP contribution in [0.1, 0.15) is 19.4 Å². The zero-order valence-corrected chi connectivity index (χ0v) is 10.8. The summed E-state index contributed by atoms with van der Waals surface area (Å²) in [6.45, 7) is 4.89. The van der Waals surface area contributed by atoms with Gasteiger partial charge in [-0.05, 0) is 11.5 Å². The van der Waals surface area contributed by atoms with Gasteiger partial charge in [0.15, 0.2) is 0 Å². The number of β-amino-alcohol motifs (C(OH)–C–C–N with tert-alkyl or cyclic N) is 1. The molecule has 1 heterocycles. The second kappa shape index (κ2) is 4.98. The molecule has 1 aromatic carbocycles. The van der Waals surface area contributed by atoms with Gasteiger partial charge in [-0.25, -0.2) is 4.79 Å². The van der Waals surface area contributed by atoms with Gasteiger partial charge in [-0.2, -0.15) is 0 Å². The van der Waals surface area contributed by atoms with E-state index in [0.717, 1.165) is 5.56 Å². The maximum atomic E-state index is 11.7. The summed E-state index contributed by atoms with van der Waals surface area (Å²) in [5.41, 5.74) is 0.219. The SMILES string of the molecule is CC(C)C1(O)CN(C(=O)OCc2ccccc2)C1. The van der Waals surface area contributed by atoms with E-state index < -0.39 is 5.60 Å². The van der Waals surface area contributed by atoms with Crippen molar-refractivity contribution < 1.29 is 14.6 Å².